The molecule has 0 aromatic carbocycles. The van der Waals surface area contributed by atoms with Gasteiger partial charge in [0.1, 0.15) is 11.3 Å². The van der Waals surface area contributed by atoms with E-state index in [2.05, 4.69) is 26.2 Å². The summed E-state index contributed by atoms with van der Waals surface area (Å²) in [5.41, 5.74) is 0.162. The third-order valence-corrected chi connectivity index (χ3v) is 4.55. The molecule has 2 aliphatic carbocycles. The minimum atomic E-state index is -0.694. The summed E-state index contributed by atoms with van der Waals surface area (Å²) in [6.07, 6.45) is 4.44. The van der Waals surface area contributed by atoms with Gasteiger partial charge < -0.3 is 5.11 Å². The molecule has 2 fully saturated rings. The monoisotopic (exact) mass is 271 g/mol. The van der Waals surface area contributed by atoms with Crippen molar-refractivity contribution in [2.45, 2.75) is 31.3 Å². The number of halogens is 1. The first-order valence-corrected chi connectivity index (χ1v) is 6.18. The molecule has 2 saturated carbocycles. The lowest BCUT2D eigenvalue weighted by Crippen LogP contribution is -2.34. The van der Waals surface area contributed by atoms with Crippen LogP contribution in [0.1, 0.15) is 31.4 Å². The van der Waals surface area contributed by atoms with Gasteiger partial charge in [0.25, 0.3) is 0 Å². The smallest absolute Gasteiger partial charge is 0.154 e. The molecule has 4 nitrogen and oxygen atoms in total. The Bertz CT molecular complexity index is 386. The highest BCUT2D eigenvalue weighted by Gasteiger charge is 2.53. The van der Waals surface area contributed by atoms with E-state index in [4.69, 9.17) is 0 Å². The van der Waals surface area contributed by atoms with Gasteiger partial charge in [-0.25, -0.2) is 4.68 Å². The summed E-state index contributed by atoms with van der Waals surface area (Å²) in [4.78, 5) is 0. The molecule has 5 heteroatoms. The SMILES string of the molecule is Cn1nnc(Br)c1C1(O)CC2CCC1C2. The van der Waals surface area contributed by atoms with Crippen LogP contribution >= 0.6 is 15.9 Å². The Morgan fingerprint density at radius 2 is 2.33 bits per heavy atom. The standard InChI is InChI=1S/C10H14BrN3O/c1-14-8(9(11)12-13-14)10(15)5-6-2-3-7(10)4-6/h6-7,15H,2-5H2,1H3. The molecule has 0 radical (unpaired) electrons. The first-order valence-electron chi connectivity index (χ1n) is 5.39. The van der Waals surface area contributed by atoms with Gasteiger partial charge in [0.15, 0.2) is 4.60 Å². The van der Waals surface area contributed by atoms with Gasteiger partial charge in [0.2, 0.25) is 0 Å². The topological polar surface area (TPSA) is 50.9 Å². The lowest BCUT2D eigenvalue weighted by atomic mass is 9.82. The van der Waals surface area contributed by atoms with Gasteiger partial charge in [0, 0.05) is 7.05 Å². The number of aromatic nitrogens is 3. The summed E-state index contributed by atoms with van der Waals surface area (Å²) in [6, 6.07) is 0. The molecule has 1 N–H and O–H groups in total. The molecular weight excluding hydrogens is 258 g/mol. The first-order chi connectivity index (χ1) is 7.11. The van der Waals surface area contributed by atoms with Crippen LogP contribution < -0.4 is 0 Å². The predicted octanol–water partition coefficient (Wildman–Crippen LogP) is 1.59. The Hall–Kier alpha value is -0.420. The minimum Gasteiger partial charge on any atom is -0.383 e. The average Bonchev–Trinajstić information content (AvgIpc) is 2.80. The van der Waals surface area contributed by atoms with Crippen LogP contribution in [-0.4, -0.2) is 20.1 Å². The van der Waals surface area contributed by atoms with Crippen LogP contribution in [0, 0.1) is 11.8 Å². The maximum Gasteiger partial charge on any atom is 0.154 e. The van der Waals surface area contributed by atoms with Crippen molar-refractivity contribution < 1.29 is 5.11 Å². The Labute approximate surface area is 96.8 Å². The van der Waals surface area contributed by atoms with E-state index in [-0.39, 0.29) is 0 Å². The maximum atomic E-state index is 10.8. The van der Waals surface area contributed by atoms with Gasteiger partial charge in [0.05, 0.1) is 0 Å². The molecule has 0 spiro atoms. The zero-order chi connectivity index (χ0) is 10.6. The highest BCUT2D eigenvalue weighted by Crippen LogP contribution is 2.56. The first kappa shape index (κ1) is 9.78. The summed E-state index contributed by atoms with van der Waals surface area (Å²) in [5, 5.41) is 18.7. The van der Waals surface area contributed by atoms with Gasteiger partial charge >= 0.3 is 0 Å². The van der Waals surface area contributed by atoms with Crippen molar-refractivity contribution in [1.82, 2.24) is 15.0 Å². The summed E-state index contributed by atoms with van der Waals surface area (Å²) in [7, 11) is 1.84. The van der Waals surface area contributed by atoms with E-state index in [0.717, 1.165) is 25.0 Å². The normalized spacial score (nSPS) is 38.9. The molecule has 2 bridgehead atoms. The Balaban J connectivity index is 2.07. The molecule has 2 aliphatic rings. The van der Waals surface area contributed by atoms with Gasteiger partial charge in [-0.2, -0.15) is 0 Å². The Morgan fingerprint density at radius 1 is 1.53 bits per heavy atom. The maximum absolute atomic E-state index is 10.8. The molecule has 0 saturated heterocycles. The number of aryl methyl sites for hydroxylation is 1. The second kappa shape index (κ2) is 3.04. The van der Waals surface area contributed by atoms with E-state index in [1.54, 1.807) is 4.68 Å². The zero-order valence-electron chi connectivity index (χ0n) is 8.65. The third kappa shape index (κ3) is 1.22. The zero-order valence-corrected chi connectivity index (χ0v) is 10.2. The van der Waals surface area contributed by atoms with Crippen LogP contribution in [0.15, 0.2) is 4.60 Å². The van der Waals surface area contributed by atoms with Crippen LogP contribution in [-0.2, 0) is 12.6 Å². The van der Waals surface area contributed by atoms with Crippen LogP contribution in [0.5, 0.6) is 0 Å². The lowest BCUT2D eigenvalue weighted by molar-refractivity contribution is -0.0259. The molecule has 1 aromatic heterocycles. The number of hydrogen-bond donors (Lipinski definition) is 1. The van der Waals surface area contributed by atoms with E-state index in [9.17, 15) is 5.11 Å². The summed E-state index contributed by atoms with van der Waals surface area (Å²) < 4.78 is 2.39. The van der Waals surface area contributed by atoms with Crippen molar-refractivity contribution in [1.29, 1.82) is 0 Å². The fourth-order valence-electron chi connectivity index (χ4n) is 3.38. The number of aliphatic hydroxyl groups is 1. The second-order valence-corrected chi connectivity index (χ2v) is 5.61. The van der Waals surface area contributed by atoms with Gasteiger partial charge in [-0.3, -0.25) is 0 Å². The second-order valence-electron chi connectivity index (χ2n) is 4.86. The van der Waals surface area contributed by atoms with Crippen LogP contribution in [0.2, 0.25) is 0 Å². The fourth-order valence-corrected chi connectivity index (χ4v) is 4.05. The van der Waals surface area contributed by atoms with E-state index in [0.29, 0.717) is 16.4 Å². The predicted molar refractivity (Wildman–Crippen MR) is 58.0 cm³/mol. The highest BCUT2D eigenvalue weighted by atomic mass is 79.9. The Morgan fingerprint density at radius 3 is 2.80 bits per heavy atom. The van der Waals surface area contributed by atoms with Crippen LogP contribution in [0.25, 0.3) is 0 Å². The lowest BCUT2D eigenvalue weighted by Gasteiger charge is -2.32. The average molecular weight is 272 g/mol. The molecule has 82 valence electrons. The van der Waals surface area contributed by atoms with E-state index >= 15 is 0 Å². The van der Waals surface area contributed by atoms with Crippen molar-refractivity contribution in [3.63, 3.8) is 0 Å². The van der Waals surface area contributed by atoms with Crippen molar-refractivity contribution in [3.05, 3.63) is 10.3 Å². The van der Waals surface area contributed by atoms with E-state index in [1.807, 2.05) is 7.05 Å². The number of fused-ring (bicyclic) bond motifs is 2. The molecule has 1 aromatic rings. The number of hydrogen-bond acceptors (Lipinski definition) is 3. The fraction of sp³-hybridized carbons (Fsp3) is 0.800. The largest absolute Gasteiger partial charge is 0.383 e. The summed E-state index contributed by atoms with van der Waals surface area (Å²) in [6.45, 7) is 0. The molecule has 1 heterocycles. The molecule has 3 rings (SSSR count). The summed E-state index contributed by atoms with van der Waals surface area (Å²) in [5.74, 6) is 1.10. The van der Waals surface area contributed by atoms with Crippen LogP contribution in [0.4, 0.5) is 0 Å². The van der Waals surface area contributed by atoms with Crippen molar-refractivity contribution in [2.75, 3.05) is 0 Å². The van der Waals surface area contributed by atoms with Gasteiger partial charge in [-0.1, -0.05) is 5.21 Å². The van der Waals surface area contributed by atoms with Gasteiger partial charge in [-0.15, -0.1) is 5.10 Å². The molecule has 0 amide bonds. The molecular formula is C10H14BrN3O. The molecule has 0 aliphatic heterocycles. The van der Waals surface area contributed by atoms with E-state index in [1.165, 1.54) is 6.42 Å². The molecule has 15 heavy (non-hydrogen) atoms. The quantitative estimate of drug-likeness (QED) is 0.844. The van der Waals surface area contributed by atoms with E-state index < -0.39 is 5.60 Å². The Kier molecular flexibility index (Phi) is 1.98. The number of nitrogens with zero attached hydrogens (tertiary/aromatic N) is 3. The number of rotatable bonds is 1. The molecule has 3 unspecified atom stereocenters. The van der Waals surface area contributed by atoms with Gasteiger partial charge in [-0.05, 0) is 53.4 Å². The van der Waals surface area contributed by atoms with Crippen molar-refractivity contribution >= 4 is 15.9 Å². The van der Waals surface area contributed by atoms with Crippen molar-refractivity contribution in [3.8, 4) is 0 Å². The highest BCUT2D eigenvalue weighted by molar-refractivity contribution is 9.10. The van der Waals surface area contributed by atoms with Crippen LogP contribution in [0.3, 0.4) is 0 Å². The molecule has 3 atom stereocenters. The summed E-state index contributed by atoms with van der Waals surface area (Å²) >= 11 is 3.38. The minimum absolute atomic E-state index is 0.399. The third-order valence-electron chi connectivity index (χ3n) is 4.01. The van der Waals surface area contributed by atoms with Crippen molar-refractivity contribution in [2.24, 2.45) is 18.9 Å².